The topological polar surface area (TPSA) is 3.24 Å². The summed E-state index contributed by atoms with van der Waals surface area (Å²) in [6.07, 6.45) is 0. The van der Waals surface area contributed by atoms with Crippen molar-refractivity contribution in [2.24, 2.45) is 0 Å². The first-order valence-corrected chi connectivity index (χ1v) is 16.4. The molecule has 4 aromatic carbocycles. The van der Waals surface area contributed by atoms with Crippen LogP contribution in [-0.2, 0) is 17.1 Å². The zero-order valence-electron chi connectivity index (χ0n) is 20.5. The van der Waals surface area contributed by atoms with Crippen LogP contribution in [0.4, 0.5) is 5.69 Å². The average Bonchev–Trinajstić information content (AvgIpc) is 3.51. The van der Waals surface area contributed by atoms with Crippen LogP contribution in [0, 0.1) is 0 Å². The van der Waals surface area contributed by atoms with Gasteiger partial charge in [0.2, 0.25) is 0 Å². The molecule has 0 amide bonds. The van der Waals surface area contributed by atoms with Gasteiger partial charge < -0.3 is 35.2 Å². The maximum Gasteiger partial charge on any atom is 0.00460 e. The Kier molecular flexibility index (Phi) is 10.9. The Morgan fingerprint density at radius 1 is 0.727 bits per heavy atom. The molecular formula is C29H36FeNPSi-6. The Labute approximate surface area is 213 Å². The van der Waals surface area contributed by atoms with Gasteiger partial charge in [-0.1, -0.05) is 86.0 Å². The molecule has 4 rings (SSSR count). The van der Waals surface area contributed by atoms with Crippen molar-refractivity contribution in [2.45, 2.75) is 33.5 Å². The van der Waals surface area contributed by atoms with Gasteiger partial charge in [-0.25, -0.2) is 6.07 Å². The summed E-state index contributed by atoms with van der Waals surface area (Å²) in [4.78, 5) is 2.53. The number of benzene rings is 2. The number of anilines is 1. The maximum atomic E-state index is 2.53. The molecule has 0 radical (unpaired) electrons. The zero-order valence-corrected chi connectivity index (χ0v) is 23.5. The molecule has 1 nitrogen and oxygen atoms in total. The molecule has 0 spiro atoms. The van der Waals surface area contributed by atoms with Crippen molar-refractivity contribution < 1.29 is 17.1 Å². The summed E-state index contributed by atoms with van der Waals surface area (Å²) in [6.45, 7) is 14.0. The van der Waals surface area contributed by atoms with Gasteiger partial charge in [0.05, 0.1) is 0 Å². The first kappa shape index (κ1) is 27.4. The van der Waals surface area contributed by atoms with E-state index in [1.807, 2.05) is 30.3 Å². The largest absolute Gasteiger partial charge is 0.748 e. The predicted molar refractivity (Wildman–Crippen MR) is 149 cm³/mol. The minimum Gasteiger partial charge on any atom is -0.748 e. The Balaban J connectivity index is 0.000000568. The predicted octanol–water partition coefficient (Wildman–Crippen LogP) is 5.96. The summed E-state index contributed by atoms with van der Waals surface area (Å²) in [5.74, 6) is 0. The van der Waals surface area contributed by atoms with E-state index in [0.29, 0.717) is 0 Å². The molecule has 0 heterocycles. The molecule has 0 saturated carbocycles. The van der Waals surface area contributed by atoms with Gasteiger partial charge in [-0.2, -0.15) is 11.3 Å². The first-order valence-electron chi connectivity index (χ1n) is 11.6. The minimum absolute atomic E-state index is 0. The van der Waals surface area contributed by atoms with Gasteiger partial charge in [-0.15, -0.1) is 5.30 Å². The van der Waals surface area contributed by atoms with Crippen molar-refractivity contribution in [3.63, 3.8) is 0 Å². The Bertz CT molecular complexity index is 976. The van der Waals surface area contributed by atoms with Crippen LogP contribution in [0.1, 0.15) is 13.8 Å². The molecule has 0 aliphatic carbocycles. The van der Waals surface area contributed by atoms with E-state index in [4.69, 9.17) is 0 Å². The van der Waals surface area contributed by atoms with E-state index in [9.17, 15) is 0 Å². The number of hydrogen-bond acceptors (Lipinski definition) is 1. The molecule has 0 saturated heterocycles. The van der Waals surface area contributed by atoms with E-state index < -0.39 is 16.0 Å². The van der Waals surface area contributed by atoms with Crippen molar-refractivity contribution >= 4 is 42.8 Å². The zero-order chi connectivity index (χ0) is 23.0. The normalized spacial score (nSPS) is 10.8. The number of hydrogen-bond donors (Lipinski definition) is 0. The van der Waals surface area contributed by atoms with Crippen LogP contribution < -0.4 is 26.0 Å². The van der Waals surface area contributed by atoms with Gasteiger partial charge in [0.25, 0.3) is 0 Å². The third-order valence-corrected chi connectivity index (χ3v) is 10.4. The standard InChI is InChI=1S/C24H31NPSi.C5H5.Fe/c1-6-25(7-2)22-18-19-23(27(3,4)5)24(22)26(20-14-10-8-11-15-20)21-16-12-9-13-17-21;1-2-4-5-3-1;/h8-19H,6-7H2,1-5H3;1-5H;/q-1;-5;. The van der Waals surface area contributed by atoms with Crippen LogP contribution in [-0.4, -0.2) is 21.2 Å². The van der Waals surface area contributed by atoms with Crippen LogP contribution in [0.5, 0.6) is 0 Å². The second-order valence-electron chi connectivity index (χ2n) is 8.87. The van der Waals surface area contributed by atoms with Crippen LogP contribution >= 0.6 is 7.92 Å². The van der Waals surface area contributed by atoms with Crippen molar-refractivity contribution in [1.82, 2.24) is 0 Å². The van der Waals surface area contributed by atoms with Gasteiger partial charge in [-0.05, 0) is 32.4 Å². The molecule has 33 heavy (non-hydrogen) atoms. The molecule has 0 unspecified atom stereocenters. The van der Waals surface area contributed by atoms with Crippen molar-refractivity contribution in [3.8, 4) is 0 Å². The fourth-order valence-electron chi connectivity index (χ4n) is 4.00. The third kappa shape index (κ3) is 7.04. The summed E-state index contributed by atoms with van der Waals surface area (Å²) >= 11 is 0. The van der Waals surface area contributed by atoms with Crippen LogP contribution in [0.2, 0.25) is 19.6 Å². The summed E-state index contributed by atoms with van der Waals surface area (Å²) in [5.41, 5.74) is 1.44. The van der Waals surface area contributed by atoms with Gasteiger partial charge in [-0.3, -0.25) is 0 Å². The molecule has 0 fully saturated rings. The Hall–Kier alpha value is -1.89. The van der Waals surface area contributed by atoms with E-state index in [1.165, 1.54) is 16.3 Å². The summed E-state index contributed by atoms with van der Waals surface area (Å²) in [5, 5.41) is 6.09. The Morgan fingerprint density at radius 3 is 1.52 bits per heavy atom. The second-order valence-corrected chi connectivity index (χ2v) is 16.1. The molecule has 4 heteroatoms. The fraction of sp³-hybridized carbons (Fsp3) is 0.241. The maximum absolute atomic E-state index is 2.53. The van der Waals surface area contributed by atoms with Crippen LogP contribution in [0.15, 0.2) is 103 Å². The van der Waals surface area contributed by atoms with Crippen molar-refractivity contribution in [1.29, 1.82) is 0 Å². The summed E-state index contributed by atoms with van der Waals surface area (Å²) in [7, 11) is -2.03. The smallest absolute Gasteiger partial charge is 0.00460 e. The van der Waals surface area contributed by atoms with Gasteiger partial charge in [0.1, 0.15) is 0 Å². The fourth-order valence-corrected chi connectivity index (χ4v) is 9.28. The van der Waals surface area contributed by atoms with Crippen LogP contribution in [0.25, 0.3) is 0 Å². The summed E-state index contributed by atoms with van der Waals surface area (Å²) < 4.78 is 0. The molecule has 0 atom stereocenters. The van der Waals surface area contributed by atoms with E-state index >= 15 is 0 Å². The van der Waals surface area contributed by atoms with Crippen molar-refractivity contribution in [2.75, 3.05) is 18.0 Å². The van der Waals surface area contributed by atoms with Crippen LogP contribution in [0.3, 0.4) is 0 Å². The van der Waals surface area contributed by atoms with E-state index in [-0.39, 0.29) is 17.1 Å². The molecular weight excluding hydrogens is 477 g/mol. The molecule has 4 aromatic rings. The molecule has 0 aliphatic rings. The van der Waals surface area contributed by atoms with E-state index in [2.05, 4.69) is 111 Å². The molecule has 0 aromatic heterocycles. The quantitative estimate of drug-likeness (QED) is 0.168. The average molecular weight is 514 g/mol. The van der Waals surface area contributed by atoms with E-state index in [0.717, 1.165) is 13.1 Å². The molecule has 0 aliphatic heterocycles. The van der Waals surface area contributed by atoms with Gasteiger partial charge >= 0.3 is 0 Å². The monoisotopic (exact) mass is 513 g/mol. The molecule has 0 N–H and O–H groups in total. The molecule has 180 valence electrons. The van der Waals surface area contributed by atoms with E-state index in [1.54, 1.807) is 10.5 Å². The third-order valence-electron chi connectivity index (χ3n) is 5.63. The molecule has 0 bridgehead atoms. The number of rotatable bonds is 7. The van der Waals surface area contributed by atoms with Gasteiger partial charge in [0, 0.05) is 38.2 Å². The second kappa shape index (κ2) is 13.1. The summed E-state index contributed by atoms with van der Waals surface area (Å²) in [6, 6.07) is 37.0. The SMILES string of the molecule is CCN(CC)[c-]1ccc([Si](C)(C)C)c1P(c1ccccc1)c1ccccc1.[Fe].[cH-]1[cH-][cH-][cH-][cH-]1. The van der Waals surface area contributed by atoms with Crippen molar-refractivity contribution in [3.05, 3.63) is 103 Å². The first-order chi connectivity index (χ1) is 15.5. The minimum atomic E-state index is -1.47. The van der Waals surface area contributed by atoms with Gasteiger partial charge in [0.15, 0.2) is 0 Å². The number of nitrogens with zero attached hydrogens (tertiary/aromatic N) is 1. The Morgan fingerprint density at radius 2 is 1.15 bits per heavy atom.